The fourth-order valence-electron chi connectivity index (χ4n) is 3.71. The van der Waals surface area contributed by atoms with E-state index in [2.05, 4.69) is 17.2 Å². The second-order valence-corrected chi connectivity index (χ2v) is 9.01. The Hall–Kier alpha value is -2.18. The molecule has 4 rings (SSSR count). The molecule has 1 aliphatic rings. The number of carbonyl (C=O) groups excluding carboxylic acids is 1. The smallest absolute Gasteiger partial charge is 0.263 e. The lowest BCUT2D eigenvalue weighted by atomic mass is 9.89. The Bertz CT molecular complexity index is 1100. The third kappa shape index (κ3) is 3.71. The Labute approximate surface area is 172 Å². The maximum atomic E-state index is 13.1. The number of hydrogen-bond acceptors (Lipinski definition) is 4. The standard InChI is InChI=1S/C21H22ClN3O2S/c1-12-3-8-16-17(9-12)28-20-19(16)21(27)25(13(2)24-20)11-18(26)23-10-14-4-6-15(22)7-5-14/h4-7,12H,3,8-11H2,1-2H3,(H,23,26)/t12-/m0/s1. The van der Waals surface area contributed by atoms with Gasteiger partial charge in [-0.1, -0.05) is 30.7 Å². The monoisotopic (exact) mass is 415 g/mol. The molecule has 0 saturated carbocycles. The Morgan fingerprint density at radius 3 is 2.86 bits per heavy atom. The van der Waals surface area contributed by atoms with Crippen molar-refractivity contribution in [3.8, 4) is 0 Å². The summed E-state index contributed by atoms with van der Waals surface area (Å²) in [7, 11) is 0. The van der Waals surface area contributed by atoms with E-state index in [0.717, 1.165) is 35.2 Å². The van der Waals surface area contributed by atoms with Gasteiger partial charge in [0.25, 0.3) is 5.56 Å². The summed E-state index contributed by atoms with van der Waals surface area (Å²) in [5.74, 6) is 1.01. The summed E-state index contributed by atoms with van der Waals surface area (Å²) < 4.78 is 1.49. The van der Waals surface area contributed by atoms with Gasteiger partial charge in [0.05, 0.1) is 5.39 Å². The molecule has 0 saturated heterocycles. The van der Waals surface area contributed by atoms with E-state index in [1.54, 1.807) is 30.4 Å². The number of fused-ring (bicyclic) bond motifs is 3. The van der Waals surface area contributed by atoms with Crippen molar-refractivity contribution in [1.29, 1.82) is 0 Å². The maximum Gasteiger partial charge on any atom is 0.263 e. The number of aryl methyl sites for hydroxylation is 2. The van der Waals surface area contributed by atoms with Crippen molar-refractivity contribution >= 4 is 39.1 Å². The van der Waals surface area contributed by atoms with E-state index < -0.39 is 0 Å². The van der Waals surface area contributed by atoms with Gasteiger partial charge in [0.1, 0.15) is 17.2 Å². The van der Waals surface area contributed by atoms with E-state index in [-0.39, 0.29) is 18.0 Å². The van der Waals surface area contributed by atoms with Gasteiger partial charge in [0.2, 0.25) is 5.91 Å². The van der Waals surface area contributed by atoms with Crippen LogP contribution in [0.15, 0.2) is 29.1 Å². The van der Waals surface area contributed by atoms with Crippen LogP contribution in [0.5, 0.6) is 0 Å². The van der Waals surface area contributed by atoms with Crippen molar-refractivity contribution in [2.45, 2.75) is 46.2 Å². The normalized spacial score (nSPS) is 16.2. The van der Waals surface area contributed by atoms with E-state index in [4.69, 9.17) is 11.6 Å². The van der Waals surface area contributed by atoms with E-state index in [0.29, 0.717) is 28.7 Å². The molecule has 1 amide bonds. The van der Waals surface area contributed by atoms with Crippen molar-refractivity contribution in [1.82, 2.24) is 14.9 Å². The third-order valence-electron chi connectivity index (χ3n) is 5.31. The van der Waals surface area contributed by atoms with Gasteiger partial charge in [-0.25, -0.2) is 4.98 Å². The minimum Gasteiger partial charge on any atom is -0.350 e. The van der Waals surface area contributed by atoms with Crippen LogP contribution in [0.2, 0.25) is 5.02 Å². The Balaban J connectivity index is 1.57. The summed E-state index contributed by atoms with van der Waals surface area (Å²) in [6.07, 6.45) is 3.02. The highest BCUT2D eigenvalue weighted by atomic mass is 35.5. The minimum absolute atomic E-state index is 0.0256. The van der Waals surface area contributed by atoms with Crippen LogP contribution in [0, 0.1) is 12.8 Å². The summed E-state index contributed by atoms with van der Waals surface area (Å²) in [5, 5.41) is 4.23. The zero-order chi connectivity index (χ0) is 19.8. The zero-order valence-electron chi connectivity index (χ0n) is 15.9. The van der Waals surface area contributed by atoms with Gasteiger partial charge < -0.3 is 5.32 Å². The van der Waals surface area contributed by atoms with Crippen molar-refractivity contribution in [3.63, 3.8) is 0 Å². The van der Waals surface area contributed by atoms with Crippen LogP contribution in [0.3, 0.4) is 0 Å². The number of amides is 1. The number of thiophene rings is 1. The quantitative estimate of drug-likeness (QED) is 0.703. The molecule has 146 valence electrons. The van der Waals surface area contributed by atoms with Crippen LogP contribution >= 0.6 is 22.9 Å². The topological polar surface area (TPSA) is 64.0 Å². The molecule has 28 heavy (non-hydrogen) atoms. The van der Waals surface area contributed by atoms with Gasteiger partial charge in [-0.2, -0.15) is 0 Å². The molecule has 0 fully saturated rings. The highest BCUT2D eigenvalue weighted by Gasteiger charge is 2.24. The van der Waals surface area contributed by atoms with Gasteiger partial charge in [-0.3, -0.25) is 14.2 Å². The zero-order valence-corrected chi connectivity index (χ0v) is 17.5. The summed E-state index contributed by atoms with van der Waals surface area (Å²) >= 11 is 7.51. The first-order chi connectivity index (χ1) is 13.4. The largest absolute Gasteiger partial charge is 0.350 e. The van der Waals surface area contributed by atoms with Crippen LogP contribution in [0.25, 0.3) is 10.2 Å². The fraction of sp³-hybridized carbons (Fsp3) is 0.381. The summed E-state index contributed by atoms with van der Waals surface area (Å²) in [6, 6.07) is 7.31. The van der Waals surface area contributed by atoms with Crippen LogP contribution in [-0.2, 0) is 30.7 Å². The second kappa shape index (κ2) is 7.68. The number of hydrogen-bond donors (Lipinski definition) is 1. The molecule has 7 heteroatoms. The first kappa shape index (κ1) is 19.2. The molecule has 3 aromatic rings. The molecule has 1 aliphatic carbocycles. The lowest BCUT2D eigenvalue weighted by Gasteiger charge is -2.17. The Kier molecular flexibility index (Phi) is 5.25. The first-order valence-electron chi connectivity index (χ1n) is 9.45. The Morgan fingerprint density at radius 2 is 2.11 bits per heavy atom. The molecule has 1 atom stereocenters. The van der Waals surface area contributed by atoms with E-state index in [9.17, 15) is 9.59 Å². The molecule has 0 spiro atoms. The van der Waals surface area contributed by atoms with Crippen LogP contribution < -0.4 is 10.9 Å². The predicted octanol–water partition coefficient (Wildman–Crippen LogP) is 3.86. The SMILES string of the molecule is Cc1nc2sc3c(c2c(=O)n1CC(=O)NCc1ccc(Cl)cc1)CC[C@H](C)C3. The summed E-state index contributed by atoms with van der Waals surface area (Å²) in [4.78, 5) is 32.3. The number of nitrogens with one attached hydrogen (secondary N) is 1. The van der Waals surface area contributed by atoms with Crippen molar-refractivity contribution in [2.75, 3.05) is 0 Å². The number of nitrogens with zero attached hydrogens (tertiary/aromatic N) is 2. The van der Waals surface area contributed by atoms with Crippen molar-refractivity contribution < 1.29 is 4.79 Å². The number of benzene rings is 1. The number of aromatic nitrogens is 2. The van der Waals surface area contributed by atoms with Crippen LogP contribution in [-0.4, -0.2) is 15.5 Å². The van der Waals surface area contributed by atoms with E-state index in [1.165, 1.54) is 9.44 Å². The first-order valence-corrected chi connectivity index (χ1v) is 10.6. The van der Waals surface area contributed by atoms with E-state index >= 15 is 0 Å². The molecular weight excluding hydrogens is 394 g/mol. The molecule has 5 nitrogen and oxygen atoms in total. The average molecular weight is 416 g/mol. The summed E-state index contributed by atoms with van der Waals surface area (Å²) in [5.41, 5.74) is 2.00. The van der Waals surface area contributed by atoms with Crippen molar-refractivity contribution in [2.24, 2.45) is 5.92 Å². The molecule has 2 aromatic heterocycles. The highest BCUT2D eigenvalue weighted by Crippen LogP contribution is 2.35. The molecule has 0 unspecified atom stereocenters. The Morgan fingerprint density at radius 1 is 1.36 bits per heavy atom. The molecule has 0 radical (unpaired) electrons. The van der Waals surface area contributed by atoms with E-state index in [1.807, 2.05) is 12.1 Å². The number of halogens is 1. The molecule has 0 bridgehead atoms. The van der Waals surface area contributed by atoms with Gasteiger partial charge in [-0.05, 0) is 55.4 Å². The highest BCUT2D eigenvalue weighted by molar-refractivity contribution is 7.18. The van der Waals surface area contributed by atoms with Gasteiger partial charge >= 0.3 is 0 Å². The average Bonchev–Trinajstić information content (AvgIpc) is 3.01. The van der Waals surface area contributed by atoms with Gasteiger partial charge in [-0.15, -0.1) is 11.3 Å². The van der Waals surface area contributed by atoms with Gasteiger partial charge in [0, 0.05) is 16.4 Å². The third-order valence-corrected chi connectivity index (χ3v) is 6.71. The molecular formula is C21H22ClN3O2S. The van der Waals surface area contributed by atoms with Crippen LogP contribution in [0.4, 0.5) is 0 Å². The predicted molar refractivity (Wildman–Crippen MR) is 113 cm³/mol. The lowest BCUT2D eigenvalue weighted by molar-refractivity contribution is -0.121. The fourth-order valence-corrected chi connectivity index (χ4v) is 5.26. The van der Waals surface area contributed by atoms with Gasteiger partial charge in [0.15, 0.2) is 0 Å². The lowest BCUT2D eigenvalue weighted by Crippen LogP contribution is -2.33. The number of rotatable bonds is 4. The van der Waals surface area contributed by atoms with Crippen molar-refractivity contribution in [3.05, 3.63) is 61.5 Å². The molecule has 2 heterocycles. The molecule has 1 aromatic carbocycles. The maximum absolute atomic E-state index is 13.1. The second-order valence-electron chi connectivity index (χ2n) is 7.49. The number of carbonyl (C=O) groups is 1. The minimum atomic E-state index is -0.209. The molecule has 1 N–H and O–H groups in total. The molecule has 0 aliphatic heterocycles. The van der Waals surface area contributed by atoms with Crippen LogP contribution in [0.1, 0.15) is 35.2 Å². The summed E-state index contributed by atoms with van der Waals surface area (Å²) in [6.45, 7) is 4.40.